The van der Waals surface area contributed by atoms with E-state index in [9.17, 15) is 9.59 Å². The first-order valence-corrected chi connectivity index (χ1v) is 9.36. The van der Waals surface area contributed by atoms with Gasteiger partial charge in [-0.15, -0.1) is 0 Å². The molecule has 0 amide bonds. The number of Topliss-reactive ketones (excluding diaryl/α,β-unsaturated/α-hetero) is 1. The van der Waals surface area contributed by atoms with Crippen molar-refractivity contribution in [1.82, 2.24) is 4.57 Å². The van der Waals surface area contributed by atoms with Gasteiger partial charge in [-0.1, -0.05) is 30.3 Å². The molecule has 0 N–H and O–H groups in total. The maximum absolute atomic E-state index is 12.7. The standard InChI is InChI=1S/C24H22N2O3/c1-16-13-22(18(3)26(16)17(2)20-7-5-4-6-8-20)23(27)15-29-24(28)21-11-9-19(14-25)10-12-21/h4-13,17H,15H2,1-3H3/t17-/m0/s1. The largest absolute Gasteiger partial charge is 0.454 e. The number of carbonyl (C=O) groups is 2. The van der Waals surface area contributed by atoms with E-state index in [0.29, 0.717) is 16.7 Å². The van der Waals surface area contributed by atoms with Crippen molar-refractivity contribution in [1.29, 1.82) is 5.26 Å². The fraction of sp³-hybridized carbons (Fsp3) is 0.208. The van der Waals surface area contributed by atoms with Gasteiger partial charge in [-0.3, -0.25) is 4.79 Å². The van der Waals surface area contributed by atoms with Crippen LogP contribution in [-0.4, -0.2) is 22.9 Å². The molecule has 5 heteroatoms. The van der Waals surface area contributed by atoms with Crippen LogP contribution in [0.5, 0.6) is 0 Å². The molecule has 0 aliphatic heterocycles. The van der Waals surface area contributed by atoms with E-state index in [0.717, 1.165) is 17.0 Å². The Bertz CT molecular complexity index is 1070. The summed E-state index contributed by atoms with van der Waals surface area (Å²) in [6.45, 7) is 5.63. The minimum Gasteiger partial charge on any atom is -0.454 e. The molecule has 0 saturated carbocycles. The van der Waals surface area contributed by atoms with Crippen LogP contribution < -0.4 is 0 Å². The van der Waals surface area contributed by atoms with Crippen molar-refractivity contribution in [3.05, 3.63) is 94.3 Å². The zero-order valence-corrected chi connectivity index (χ0v) is 16.7. The Balaban J connectivity index is 1.73. The smallest absolute Gasteiger partial charge is 0.338 e. The van der Waals surface area contributed by atoms with Crippen LogP contribution in [0.25, 0.3) is 0 Å². The van der Waals surface area contributed by atoms with E-state index < -0.39 is 5.97 Å². The lowest BCUT2D eigenvalue weighted by atomic mass is 10.1. The summed E-state index contributed by atoms with van der Waals surface area (Å²) in [6, 6.07) is 20.1. The first-order valence-electron chi connectivity index (χ1n) is 9.36. The molecule has 0 aliphatic rings. The molecule has 29 heavy (non-hydrogen) atoms. The molecule has 0 spiro atoms. The molecule has 1 aromatic heterocycles. The average Bonchev–Trinajstić information content (AvgIpc) is 3.05. The van der Waals surface area contributed by atoms with E-state index in [2.05, 4.69) is 23.6 Å². The van der Waals surface area contributed by atoms with E-state index in [1.165, 1.54) is 24.3 Å². The zero-order chi connectivity index (χ0) is 21.0. The third-order valence-electron chi connectivity index (χ3n) is 5.04. The summed E-state index contributed by atoms with van der Waals surface area (Å²) >= 11 is 0. The van der Waals surface area contributed by atoms with Gasteiger partial charge >= 0.3 is 5.97 Å². The third kappa shape index (κ3) is 4.27. The second kappa shape index (κ2) is 8.57. The molecule has 5 nitrogen and oxygen atoms in total. The fourth-order valence-corrected chi connectivity index (χ4v) is 3.51. The average molecular weight is 386 g/mol. The van der Waals surface area contributed by atoms with Crippen LogP contribution in [0.4, 0.5) is 0 Å². The van der Waals surface area contributed by atoms with Crippen LogP contribution in [0.2, 0.25) is 0 Å². The van der Waals surface area contributed by atoms with Crippen molar-refractivity contribution in [3.8, 4) is 6.07 Å². The molecule has 0 radical (unpaired) electrons. The van der Waals surface area contributed by atoms with Gasteiger partial charge in [0.15, 0.2) is 6.61 Å². The van der Waals surface area contributed by atoms with Gasteiger partial charge in [0, 0.05) is 17.0 Å². The molecular weight excluding hydrogens is 364 g/mol. The molecule has 3 rings (SSSR count). The van der Waals surface area contributed by atoms with Gasteiger partial charge in [-0.25, -0.2) is 4.79 Å². The van der Waals surface area contributed by atoms with Crippen LogP contribution in [0, 0.1) is 25.2 Å². The third-order valence-corrected chi connectivity index (χ3v) is 5.04. The van der Waals surface area contributed by atoms with Crippen molar-refractivity contribution < 1.29 is 14.3 Å². The highest BCUT2D eigenvalue weighted by Gasteiger charge is 2.21. The van der Waals surface area contributed by atoms with E-state index in [4.69, 9.17) is 10.00 Å². The predicted molar refractivity (Wildman–Crippen MR) is 110 cm³/mol. The highest BCUT2D eigenvalue weighted by Crippen LogP contribution is 2.25. The van der Waals surface area contributed by atoms with Crippen LogP contribution in [-0.2, 0) is 4.74 Å². The number of nitriles is 1. The minimum atomic E-state index is -0.589. The van der Waals surface area contributed by atoms with E-state index in [-0.39, 0.29) is 18.4 Å². The van der Waals surface area contributed by atoms with Crippen molar-refractivity contribution in [2.45, 2.75) is 26.8 Å². The molecule has 0 saturated heterocycles. The summed E-state index contributed by atoms with van der Waals surface area (Å²) in [5, 5.41) is 8.82. The molecule has 1 heterocycles. The molecule has 1 atom stereocenters. The number of ether oxygens (including phenoxy) is 1. The van der Waals surface area contributed by atoms with E-state index in [1.807, 2.05) is 44.2 Å². The van der Waals surface area contributed by atoms with Gasteiger partial charge < -0.3 is 9.30 Å². The molecule has 2 aromatic carbocycles. The highest BCUT2D eigenvalue weighted by atomic mass is 16.5. The SMILES string of the molecule is Cc1cc(C(=O)COC(=O)c2ccc(C#N)cc2)c(C)n1[C@@H](C)c1ccccc1. The summed E-state index contributed by atoms with van der Waals surface area (Å²) in [4.78, 5) is 24.9. The molecule has 146 valence electrons. The summed E-state index contributed by atoms with van der Waals surface area (Å²) < 4.78 is 7.30. The van der Waals surface area contributed by atoms with Crippen LogP contribution >= 0.6 is 0 Å². The number of nitrogens with zero attached hydrogens (tertiary/aromatic N) is 2. The number of esters is 1. The highest BCUT2D eigenvalue weighted by molar-refractivity contribution is 6.00. The summed E-state index contributed by atoms with van der Waals surface area (Å²) in [5.41, 5.74) is 4.29. The van der Waals surface area contributed by atoms with Crippen LogP contribution in [0.1, 0.15) is 56.2 Å². The summed E-state index contributed by atoms with van der Waals surface area (Å²) in [7, 11) is 0. The number of aryl methyl sites for hydroxylation is 1. The van der Waals surface area contributed by atoms with Crippen molar-refractivity contribution in [3.63, 3.8) is 0 Å². The normalized spacial score (nSPS) is 11.5. The van der Waals surface area contributed by atoms with Gasteiger partial charge in [0.25, 0.3) is 0 Å². The Morgan fingerprint density at radius 3 is 2.34 bits per heavy atom. The zero-order valence-electron chi connectivity index (χ0n) is 16.7. The Labute approximate surface area is 170 Å². The molecule has 0 fully saturated rings. The minimum absolute atomic E-state index is 0.0824. The Morgan fingerprint density at radius 2 is 1.72 bits per heavy atom. The van der Waals surface area contributed by atoms with Crippen molar-refractivity contribution >= 4 is 11.8 Å². The van der Waals surface area contributed by atoms with Crippen molar-refractivity contribution in [2.75, 3.05) is 6.61 Å². The van der Waals surface area contributed by atoms with Crippen molar-refractivity contribution in [2.24, 2.45) is 0 Å². The second-order valence-corrected chi connectivity index (χ2v) is 6.93. The number of aromatic nitrogens is 1. The summed E-state index contributed by atoms with van der Waals surface area (Å²) in [6.07, 6.45) is 0. The van der Waals surface area contributed by atoms with Gasteiger partial charge in [-0.05, 0) is 56.7 Å². The van der Waals surface area contributed by atoms with Gasteiger partial charge in [-0.2, -0.15) is 5.26 Å². The Hall–Kier alpha value is -3.65. The Morgan fingerprint density at radius 1 is 1.07 bits per heavy atom. The summed E-state index contributed by atoms with van der Waals surface area (Å²) in [5.74, 6) is -0.832. The number of carbonyl (C=O) groups excluding carboxylic acids is 2. The number of ketones is 1. The lowest BCUT2D eigenvalue weighted by molar-refractivity contribution is 0.0474. The van der Waals surface area contributed by atoms with Crippen LogP contribution in [0.15, 0.2) is 60.7 Å². The van der Waals surface area contributed by atoms with Gasteiger partial charge in [0.05, 0.1) is 23.2 Å². The van der Waals surface area contributed by atoms with Crippen LogP contribution in [0.3, 0.4) is 0 Å². The fourth-order valence-electron chi connectivity index (χ4n) is 3.51. The lowest BCUT2D eigenvalue weighted by Gasteiger charge is -2.19. The van der Waals surface area contributed by atoms with E-state index >= 15 is 0 Å². The Kier molecular flexibility index (Phi) is 5.94. The maximum Gasteiger partial charge on any atom is 0.338 e. The molecule has 0 unspecified atom stereocenters. The second-order valence-electron chi connectivity index (χ2n) is 6.93. The predicted octanol–water partition coefficient (Wildman–Crippen LogP) is 4.63. The first kappa shape index (κ1) is 20.1. The van der Waals surface area contributed by atoms with Gasteiger partial charge in [0.1, 0.15) is 0 Å². The number of benzene rings is 2. The lowest BCUT2D eigenvalue weighted by Crippen LogP contribution is -2.16. The number of hydrogen-bond acceptors (Lipinski definition) is 4. The monoisotopic (exact) mass is 386 g/mol. The van der Waals surface area contributed by atoms with E-state index in [1.54, 1.807) is 0 Å². The topological polar surface area (TPSA) is 72.1 Å². The van der Waals surface area contributed by atoms with Gasteiger partial charge in [0.2, 0.25) is 5.78 Å². The molecule has 0 bridgehead atoms. The molecule has 0 aliphatic carbocycles. The number of hydrogen-bond donors (Lipinski definition) is 0. The maximum atomic E-state index is 12.7. The number of rotatable bonds is 6. The first-order chi connectivity index (χ1) is 13.9. The molecule has 3 aromatic rings. The quantitative estimate of drug-likeness (QED) is 0.457. The molecular formula is C24H22N2O3.